The van der Waals surface area contributed by atoms with Crippen molar-refractivity contribution in [2.45, 2.75) is 44.4 Å². The average molecular weight is 229 g/mol. The van der Waals surface area contributed by atoms with Crippen LogP contribution in [0.15, 0.2) is 0 Å². The summed E-state index contributed by atoms with van der Waals surface area (Å²) < 4.78 is 5.30. The normalized spacial score (nSPS) is 27.6. The fraction of sp³-hybridized carbons (Fsp3) is 0.909. The van der Waals surface area contributed by atoms with Gasteiger partial charge in [0.25, 0.3) is 0 Å². The van der Waals surface area contributed by atoms with E-state index in [4.69, 9.17) is 16.2 Å². The highest BCUT2D eigenvalue weighted by Gasteiger charge is 2.33. The maximum absolute atomic E-state index is 11.1. The van der Waals surface area contributed by atoms with Crippen LogP contribution < -0.4 is 11.5 Å². The fourth-order valence-electron chi connectivity index (χ4n) is 2.19. The zero-order chi connectivity index (χ0) is 12.3. The molecule has 0 aromatic heterocycles. The van der Waals surface area contributed by atoms with Gasteiger partial charge in [-0.05, 0) is 26.7 Å². The van der Waals surface area contributed by atoms with E-state index in [2.05, 4.69) is 11.8 Å². The van der Waals surface area contributed by atoms with Crippen molar-refractivity contribution in [1.29, 1.82) is 0 Å². The van der Waals surface area contributed by atoms with E-state index in [0.29, 0.717) is 12.5 Å². The molecule has 0 bridgehead atoms. The van der Waals surface area contributed by atoms with Gasteiger partial charge in [0, 0.05) is 26.2 Å². The van der Waals surface area contributed by atoms with Crippen molar-refractivity contribution in [3.8, 4) is 0 Å². The monoisotopic (exact) mass is 229 g/mol. The summed E-state index contributed by atoms with van der Waals surface area (Å²) in [5.41, 5.74) is 10.2. The molecular formula is C11H23N3O2. The molecule has 1 saturated heterocycles. The summed E-state index contributed by atoms with van der Waals surface area (Å²) in [6, 6.07) is 0.252. The molecule has 5 nitrogen and oxygen atoms in total. The highest BCUT2D eigenvalue weighted by molar-refractivity contribution is 5.83. The van der Waals surface area contributed by atoms with Gasteiger partial charge in [-0.2, -0.15) is 0 Å². The lowest BCUT2D eigenvalue weighted by Gasteiger charge is -2.30. The third-order valence-electron chi connectivity index (χ3n) is 3.42. The van der Waals surface area contributed by atoms with Gasteiger partial charge in [0.15, 0.2) is 0 Å². The van der Waals surface area contributed by atoms with Crippen LogP contribution in [-0.2, 0) is 9.53 Å². The molecule has 4 N–H and O–H groups in total. The first-order valence-electron chi connectivity index (χ1n) is 5.72. The lowest BCUT2D eigenvalue weighted by molar-refractivity contribution is -0.123. The van der Waals surface area contributed by atoms with Gasteiger partial charge in [0.1, 0.15) is 0 Å². The number of hydrogen-bond acceptors (Lipinski definition) is 4. The van der Waals surface area contributed by atoms with Gasteiger partial charge in [0.05, 0.1) is 11.6 Å². The molecule has 1 aliphatic rings. The number of carbonyl (C=O) groups excluding carboxylic acids is 1. The molecule has 1 heterocycles. The lowest BCUT2D eigenvalue weighted by atomic mass is 9.93. The Balaban J connectivity index is 2.47. The van der Waals surface area contributed by atoms with Gasteiger partial charge < -0.3 is 16.2 Å². The van der Waals surface area contributed by atoms with Gasteiger partial charge in [-0.15, -0.1) is 0 Å². The Kier molecular flexibility index (Phi) is 4.29. The Morgan fingerprint density at radius 3 is 2.75 bits per heavy atom. The number of likely N-dealkylation sites (tertiary alicyclic amines) is 1. The maximum atomic E-state index is 11.1. The van der Waals surface area contributed by atoms with Crippen molar-refractivity contribution in [2.24, 2.45) is 11.5 Å². The molecule has 0 aromatic rings. The molecule has 16 heavy (non-hydrogen) atoms. The number of carbonyl (C=O) groups is 1. The molecule has 94 valence electrons. The van der Waals surface area contributed by atoms with Crippen LogP contribution in [0.5, 0.6) is 0 Å². The first-order valence-corrected chi connectivity index (χ1v) is 5.72. The predicted octanol–water partition coefficient (Wildman–Crippen LogP) is -0.312. The van der Waals surface area contributed by atoms with Gasteiger partial charge >= 0.3 is 0 Å². The molecule has 3 atom stereocenters. The summed E-state index contributed by atoms with van der Waals surface area (Å²) in [5, 5.41) is 0. The van der Waals surface area contributed by atoms with E-state index >= 15 is 0 Å². The van der Waals surface area contributed by atoms with E-state index in [1.54, 1.807) is 14.0 Å². The Hall–Kier alpha value is -0.650. The van der Waals surface area contributed by atoms with Crippen LogP contribution in [-0.4, -0.2) is 48.7 Å². The molecule has 0 saturated carbocycles. The van der Waals surface area contributed by atoms with Gasteiger partial charge in [-0.1, -0.05) is 0 Å². The van der Waals surface area contributed by atoms with Crippen LogP contribution in [0.2, 0.25) is 0 Å². The first-order chi connectivity index (χ1) is 7.36. The molecule has 3 unspecified atom stereocenters. The van der Waals surface area contributed by atoms with Crippen molar-refractivity contribution in [2.75, 3.05) is 20.2 Å². The van der Waals surface area contributed by atoms with Crippen molar-refractivity contribution in [3.63, 3.8) is 0 Å². The van der Waals surface area contributed by atoms with Crippen LogP contribution in [0.1, 0.15) is 26.7 Å². The largest absolute Gasteiger partial charge is 0.380 e. The second-order valence-electron chi connectivity index (χ2n) is 4.98. The zero-order valence-electron chi connectivity index (χ0n) is 10.4. The van der Waals surface area contributed by atoms with Crippen molar-refractivity contribution < 1.29 is 9.53 Å². The molecule has 0 spiro atoms. The Labute approximate surface area is 97.1 Å². The van der Waals surface area contributed by atoms with Crippen LogP contribution in [0.4, 0.5) is 0 Å². The molecule has 1 aliphatic heterocycles. The van der Waals surface area contributed by atoms with Gasteiger partial charge in [-0.25, -0.2) is 0 Å². The van der Waals surface area contributed by atoms with E-state index in [1.807, 2.05) is 0 Å². The Morgan fingerprint density at radius 1 is 1.69 bits per heavy atom. The lowest BCUT2D eigenvalue weighted by Crippen LogP contribution is -2.53. The average Bonchev–Trinajstić information content (AvgIpc) is 2.64. The molecule has 1 rings (SSSR count). The summed E-state index contributed by atoms with van der Waals surface area (Å²) in [6.07, 6.45) is 1.93. The number of nitrogens with two attached hydrogens (primary N) is 2. The smallest absolute Gasteiger partial charge is 0.237 e. The van der Waals surface area contributed by atoms with E-state index in [1.165, 1.54) is 0 Å². The second-order valence-corrected chi connectivity index (χ2v) is 4.98. The fourth-order valence-corrected chi connectivity index (χ4v) is 2.19. The maximum Gasteiger partial charge on any atom is 0.237 e. The van der Waals surface area contributed by atoms with Crippen molar-refractivity contribution in [1.82, 2.24) is 4.90 Å². The molecule has 1 amide bonds. The quantitative estimate of drug-likeness (QED) is 0.677. The summed E-state index contributed by atoms with van der Waals surface area (Å²) in [7, 11) is 1.73. The van der Waals surface area contributed by atoms with E-state index < -0.39 is 11.4 Å². The van der Waals surface area contributed by atoms with Crippen LogP contribution in [0.3, 0.4) is 0 Å². The third-order valence-corrected chi connectivity index (χ3v) is 3.42. The molecule has 5 heteroatoms. The number of ether oxygens (including phenoxy) is 1. The van der Waals surface area contributed by atoms with E-state index in [-0.39, 0.29) is 6.04 Å². The summed E-state index contributed by atoms with van der Waals surface area (Å²) in [6.45, 7) is 5.67. The number of amides is 1. The first kappa shape index (κ1) is 13.4. The van der Waals surface area contributed by atoms with Gasteiger partial charge in [-0.3, -0.25) is 9.69 Å². The second kappa shape index (κ2) is 5.12. The predicted molar refractivity (Wildman–Crippen MR) is 62.9 cm³/mol. The standard InChI is InChI=1S/C11H23N3O2/c1-8(6-11(2,13)10(12)15)14-5-4-9(7-14)16-3/h8-9H,4-7,13H2,1-3H3,(H2,12,15). The van der Waals surface area contributed by atoms with Crippen molar-refractivity contribution >= 4 is 5.91 Å². The molecule has 1 fully saturated rings. The number of rotatable bonds is 5. The van der Waals surface area contributed by atoms with Gasteiger partial charge in [0.2, 0.25) is 5.91 Å². The van der Waals surface area contributed by atoms with Crippen LogP contribution >= 0.6 is 0 Å². The molecule has 0 radical (unpaired) electrons. The van der Waals surface area contributed by atoms with E-state index in [9.17, 15) is 4.79 Å². The number of hydrogen-bond donors (Lipinski definition) is 2. The van der Waals surface area contributed by atoms with Crippen LogP contribution in [0.25, 0.3) is 0 Å². The highest BCUT2D eigenvalue weighted by Crippen LogP contribution is 2.20. The minimum Gasteiger partial charge on any atom is -0.380 e. The number of nitrogens with zero attached hydrogens (tertiary/aromatic N) is 1. The molecular weight excluding hydrogens is 206 g/mol. The summed E-state index contributed by atoms with van der Waals surface area (Å²) in [4.78, 5) is 13.4. The zero-order valence-corrected chi connectivity index (χ0v) is 10.4. The Morgan fingerprint density at radius 2 is 2.31 bits per heavy atom. The van der Waals surface area contributed by atoms with Crippen molar-refractivity contribution in [3.05, 3.63) is 0 Å². The highest BCUT2D eigenvalue weighted by atomic mass is 16.5. The minimum absolute atomic E-state index is 0.252. The molecule has 0 aromatic carbocycles. The van der Waals surface area contributed by atoms with E-state index in [0.717, 1.165) is 19.5 Å². The summed E-state index contributed by atoms with van der Waals surface area (Å²) >= 11 is 0. The SMILES string of the molecule is COC1CCN(C(C)CC(C)(N)C(N)=O)C1. The topological polar surface area (TPSA) is 81.6 Å². The third kappa shape index (κ3) is 3.17. The Bertz CT molecular complexity index is 256. The minimum atomic E-state index is -0.926. The summed E-state index contributed by atoms with van der Waals surface area (Å²) in [5.74, 6) is -0.443. The van der Waals surface area contributed by atoms with Crippen LogP contribution in [0, 0.1) is 0 Å². The molecule has 0 aliphatic carbocycles. The number of primary amides is 1. The number of methoxy groups -OCH3 is 1.